The van der Waals surface area contributed by atoms with E-state index in [0.717, 1.165) is 51.0 Å². The number of rotatable bonds is 12. The van der Waals surface area contributed by atoms with Gasteiger partial charge in [0.2, 0.25) is 5.91 Å². The molecule has 0 aromatic heterocycles. The molecule has 8 nitrogen and oxygen atoms in total. The first-order chi connectivity index (χ1) is 14.2. The van der Waals surface area contributed by atoms with Crippen LogP contribution >= 0.6 is 0 Å². The highest BCUT2D eigenvalue weighted by Crippen LogP contribution is 2.26. The molecule has 1 unspecified atom stereocenters. The highest BCUT2D eigenvalue weighted by molar-refractivity contribution is 5.80. The van der Waals surface area contributed by atoms with Crippen molar-refractivity contribution < 1.29 is 14.3 Å². The van der Waals surface area contributed by atoms with Gasteiger partial charge in [0.15, 0.2) is 5.96 Å². The zero-order valence-electron chi connectivity index (χ0n) is 19.6. The Bertz CT molecular complexity index is 541. The molecule has 1 aliphatic carbocycles. The minimum atomic E-state index is -0.513. The zero-order chi connectivity index (χ0) is 22.4. The normalized spacial score (nSPS) is 15.7. The third kappa shape index (κ3) is 11.9. The van der Waals surface area contributed by atoms with Crippen LogP contribution < -0.4 is 21.3 Å². The molecule has 1 saturated carbocycles. The predicted molar refractivity (Wildman–Crippen MR) is 122 cm³/mol. The average molecular weight is 426 g/mol. The summed E-state index contributed by atoms with van der Waals surface area (Å²) in [5.74, 6) is 1.14. The molecule has 0 radical (unpaired) electrons. The van der Waals surface area contributed by atoms with E-state index < -0.39 is 11.7 Å². The van der Waals surface area contributed by atoms with Gasteiger partial charge in [-0.3, -0.25) is 9.79 Å². The van der Waals surface area contributed by atoms with Crippen LogP contribution in [0.4, 0.5) is 4.79 Å². The van der Waals surface area contributed by atoms with Crippen LogP contribution in [0.2, 0.25) is 0 Å². The number of carbonyl (C=O) groups is 2. The Morgan fingerprint density at radius 1 is 1.10 bits per heavy atom. The number of hydrogen-bond acceptors (Lipinski definition) is 4. The van der Waals surface area contributed by atoms with Crippen LogP contribution in [0.1, 0.15) is 79.6 Å². The van der Waals surface area contributed by atoms with Crippen molar-refractivity contribution in [2.75, 3.05) is 26.2 Å². The van der Waals surface area contributed by atoms with Crippen molar-refractivity contribution >= 4 is 18.0 Å². The Labute approximate surface area is 182 Å². The molecule has 0 saturated heterocycles. The summed E-state index contributed by atoms with van der Waals surface area (Å²) >= 11 is 0. The number of hydrogen-bond donors (Lipinski definition) is 4. The first-order valence-electron chi connectivity index (χ1n) is 11.5. The molecule has 0 heterocycles. The Morgan fingerprint density at radius 3 is 2.40 bits per heavy atom. The van der Waals surface area contributed by atoms with Gasteiger partial charge in [0.25, 0.3) is 0 Å². The molecule has 0 spiro atoms. The molecule has 1 fully saturated rings. The second-order valence-electron chi connectivity index (χ2n) is 8.90. The van der Waals surface area contributed by atoms with Crippen LogP contribution in [0.3, 0.4) is 0 Å². The van der Waals surface area contributed by atoms with Gasteiger partial charge in [0, 0.05) is 38.1 Å². The fourth-order valence-electron chi connectivity index (χ4n) is 3.01. The van der Waals surface area contributed by atoms with Gasteiger partial charge in [0.1, 0.15) is 5.60 Å². The monoisotopic (exact) mass is 425 g/mol. The van der Waals surface area contributed by atoms with Crippen LogP contribution in [-0.4, -0.2) is 55.8 Å². The number of ether oxygens (including phenoxy) is 1. The molecule has 0 bridgehead atoms. The van der Waals surface area contributed by atoms with Gasteiger partial charge in [-0.05, 0) is 53.4 Å². The van der Waals surface area contributed by atoms with E-state index in [0.29, 0.717) is 19.6 Å². The van der Waals surface area contributed by atoms with E-state index >= 15 is 0 Å². The van der Waals surface area contributed by atoms with Gasteiger partial charge in [-0.2, -0.15) is 0 Å². The number of unbranched alkanes of at least 4 members (excludes halogenated alkanes) is 1. The molecule has 0 aromatic rings. The van der Waals surface area contributed by atoms with Crippen molar-refractivity contribution in [1.82, 2.24) is 21.3 Å². The van der Waals surface area contributed by atoms with Crippen LogP contribution in [0.15, 0.2) is 4.99 Å². The smallest absolute Gasteiger partial charge is 0.407 e. The van der Waals surface area contributed by atoms with E-state index in [1.807, 2.05) is 27.7 Å². The summed E-state index contributed by atoms with van der Waals surface area (Å²) in [6.07, 6.45) is 6.67. The molecule has 4 N–H and O–H groups in total. The fraction of sp³-hybridized carbons (Fsp3) is 0.864. The molecule has 0 aromatic carbocycles. The van der Waals surface area contributed by atoms with Crippen LogP contribution in [0.25, 0.3) is 0 Å². The number of aliphatic imine (C=N–C) groups is 1. The Hall–Kier alpha value is -1.99. The number of carbonyl (C=O) groups excluding carboxylic acids is 2. The van der Waals surface area contributed by atoms with Gasteiger partial charge < -0.3 is 26.0 Å². The predicted octanol–water partition coefficient (Wildman–Crippen LogP) is 2.93. The molecule has 2 amide bonds. The third-order valence-electron chi connectivity index (χ3n) is 4.86. The maximum atomic E-state index is 12.0. The first-order valence-corrected chi connectivity index (χ1v) is 11.5. The minimum Gasteiger partial charge on any atom is -0.444 e. The van der Waals surface area contributed by atoms with E-state index in [2.05, 4.69) is 33.2 Å². The number of guanidine groups is 1. The largest absolute Gasteiger partial charge is 0.444 e. The Balaban J connectivity index is 2.46. The number of alkyl carbamates (subject to hydrolysis) is 1. The molecule has 174 valence electrons. The highest BCUT2D eigenvalue weighted by Gasteiger charge is 2.24. The van der Waals surface area contributed by atoms with Gasteiger partial charge >= 0.3 is 6.09 Å². The van der Waals surface area contributed by atoms with Gasteiger partial charge in [-0.1, -0.05) is 26.2 Å². The maximum absolute atomic E-state index is 12.0. The lowest BCUT2D eigenvalue weighted by Crippen LogP contribution is -2.49. The highest BCUT2D eigenvalue weighted by atomic mass is 16.6. The molecular formula is C22H43N5O3. The molecule has 1 rings (SSSR count). The summed E-state index contributed by atoms with van der Waals surface area (Å²) in [6.45, 7) is 12.2. The van der Waals surface area contributed by atoms with Crippen LogP contribution in [0, 0.1) is 5.92 Å². The second-order valence-corrected chi connectivity index (χ2v) is 8.90. The number of nitrogens with zero attached hydrogens (tertiary/aromatic N) is 1. The molecule has 8 heteroatoms. The van der Waals surface area contributed by atoms with Crippen molar-refractivity contribution in [2.24, 2.45) is 10.9 Å². The van der Waals surface area contributed by atoms with E-state index in [1.165, 1.54) is 6.42 Å². The van der Waals surface area contributed by atoms with E-state index in [-0.39, 0.29) is 17.9 Å². The molecule has 1 atom stereocenters. The maximum Gasteiger partial charge on any atom is 0.407 e. The van der Waals surface area contributed by atoms with Gasteiger partial charge in [0.05, 0.1) is 0 Å². The Morgan fingerprint density at radius 2 is 1.83 bits per heavy atom. The summed E-state index contributed by atoms with van der Waals surface area (Å²) in [5, 5.41) is 12.5. The lowest BCUT2D eigenvalue weighted by Gasteiger charge is -2.24. The first kappa shape index (κ1) is 26.0. The topological polar surface area (TPSA) is 104 Å². The number of nitrogens with one attached hydrogen (secondary N) is 4. The third-order valence-corrected chi connectivity index (χ3v) is 4.86. The molecule has 30 heavy (non-hydrogen) atoms. The van der Waals surface area contributed by atoms with Crippen molar-refractivity contribution in [1.29, 1.82) is 0 Å². The van der Waals surface area contributed by atoms with Crippen molar-refractivity contribution in [3.8, 4) is 0 Å². The second kappa shape index (κ2) is 14.1. The average Bonchev–Trinajstić information content (AvgIpc) is 2.60. The van der Waals surface area contributed by atoms with Gasteiger partial charge in [-0.25, -0.2) is 4.79 Å². The van der Waals surface area contributed by atoms with Crippen molar-refractivity contribution in [2.45, 2.75) is 91.2 Å². The quantitative estimate of drug-likeness (QED) is 0.219. The lowest BCUT2D eigenvalue weighted by molar-refractivity contribution is -0.127. The van der Waals surface area contributed by atoms with E-state index in [1.54, 1.807) is 0 Å². The van der Waals surface area contributed by atoms with Crippen molar-refractivity contribution in [3.05, 3.63) is 0 Å². The molecule has 1 aliphatic rings. The summed E-state index contributed by atoms with van der Waals surface area (Å²) in [6, 6.07) is 0.0635. The minimum absolute atomic E-state index is 0.0635. The Kier molecular flexibility index (Phi) is 12.2. The fourth-order valence-corrected chi connectivity index (χ4v) is 3.01. The molecule has 0 aliphatic heterocycles. The van der Waals surface area contributed by atoms with Crippen LogP contribution in [-0.2, 0) is 9.53 Å². The summed E-state index contributed by atoms with van der Waals surface area (Å²) in [7, 11) is 0. The standard InChI is InChI=1S/C22H43N5O3/c1-6-8-13-18(16-26-21(29)30-22(3,4)5)27-20(23-7-2)25-15-10-14-24-19(28)17-11-9-12-17/h17-18H,6-16H2,1-5H3,(H,24,28)(H,26,29)(H2,23,25,27). The summed E-state index contributed by atoms with van der Waals surface area (Å²) < 4.78 is 5.33. The van der Waals surface area contributed by atoms with Crippen LogP contribution in [0.5, 0.6) is 0 Å². The molecular weight excluding hydrogens is 382 g/mol. The zero-order valence-corrected chi connectivity index (χ0v) is 19.6. The SMILES string of the molecule is CCCCC(CNC(=O)OC(C)(C)C)NC(=NCCCNC(=O)C1CCC1)NCC. The summed E-state index contributed by atoms with van der Waals surface area (Å²) in [4.78, 5) is 28.5. The van der Waals surface area contributed by atoms with E-state index in [4.69, 9.17) is 4.74 Å². The number of amides is 2. The van der Waals surface area contributed by atoms with E-state index in [9.17, 15) is 9.59 Å². The summed E-state index contributed by atoms with van der Waals surface area (Å²) in [5.41, 5.74) is -0.513. The van der Waals surface area contributed by atoms with Crippen molar-refractivity contribution in [3.63, 3.8) is 0 Å². The van der Waals surface area contributed by atoms with Gasteiger partial charge in [-0.15, -0.1) is 0 Å². The lowest BCUT2D eigenvalue weighted by atomic mass is 9.85.